The van der Waals surface area contributed by atoms with Crippen molar-refractivity contribution >= 4 is 29.3 Å². The predicted octanol–water partition coefficient (Wildman–Crippen LogP) is 4.62. The Labute approximate surface area is 237 Å². The van der Waals surface area contributed by atoms with Crippen molar-refractivity contribution in [3.05, 3.63) is 69.5 Å². The quantitative estimate of drug-likeness (QED) is 0.448. The van der Waals surface area contributed by atoms with Gasteiger partial charge in [0.15, 0.2) is 17.5 Å². The Morgan fingerprint density at radius 1 is 1.27 bits per heavy atom. The van der Waals surface area contributed by atoms with E-state index in [-0.39, 0.29) is 39.9 Å². The maximum Gasteiger partial charge on any atom is 0.250 e. The number of nitrogens with two attached hydrogens (primary N) is 1. The Morgan fingerprint density at radius 3 is 2.58 bits per heavy atom. The molecule has 1 fully saturated rings. The molecule has 0 radical (unpaired) electrons. The highest BCUT2D eigenvalue weighted by Crippen LogP contribution is 2.50. The van der Waals surface area contributed by atoms with Gasteiger partial charge in [-0.25, -0.2) is 8.78 Å². The Kier molecular flexibility index (Phi) is 7.54. The molecule has 40 heavy (non-hydrogen) atoms. The van der Waals surface area contributed by atoms with Crippen molar-refractivity contribution in [2.75, 3.05) is 13.7 Å². The smallest absolute Gasteiger partial charge is 0.250 e. The minimum absolute atomic E-state index is 0.0268. The third kappa shape index (κ3) is 5.04. The topological polar surface area (TPSA) is 106 Å². The lowest BCUT2D eigenvalue weighted by Crippen LogP contribution is -2.48. The number of benzene rings is 2. The fourth-order valence-electron chi connectivity index (χ4n) is 5.92. The van der Waals surface area contributed by atoms with Crippen LogP contribution in [-0.2, 0) is 21.6 Å². The molecule has 0 aromatic heterocycles. The van der Waals surface area contributed by atoms with E-state index in [0.717, 1.165) is 24.6 Å². The molecule has 10 heteroatoms. The summed E-state index contributed by atoms with van der Waals surface area (Å²) in [6.07, 6.45) is 2.36. The molecule has 2 heterocycles. The van der Waals surface area contributed by atoms with Crippen LogP contribution in [0.4, 0.5) is 8.78 Å². The van der Waals surface area contributed by atoms with E-state index in [0.29, 0.717) is 24.9 Å². The standard InChI is InChI=1S/C30H34ClF2N3O4/c1-28(38)11-9-18(10-12-28)35-16-30(17-7-5-4-6-8-17)14-19-22(40-30)13-21(32)25(31)23(19)24-20(27(34)37)15-36-29(2,39-3)26(24)33/h4-8,13,15,18,26,35,38H,9-12,14,16H2,1-3H3,(H2,34,37)/t18-,26?,28-,29?,30-/m1/s1. The van der Waals surface area contributed by atoms with Gasteiger partial charge in [0.05, 0.1) is 16.2 Å². The zero-order valence-corrected chi connectivity index (χ0v) is 23.5. The number of hydrogen-bond donors (Lipinski definition) is 3. The lowest BCUT2D eigenvalue weighted by atomic mass is 9.81. The van der Waals surface area contributed by atoms with Crippen LogP contribution in [0, 0.1) is 5.82 Å². The van der Waals surface area contributed by atoms with Gasteiger partial charge in [-0.05, 0) is 45.1 Å². The summed E-state index contributed by atoms with van der Waals surface area (Å²) < 4.78 is 43.4. The summed E-state index contributed by atoms with van der Waals surface area (Å²) in [5.41, 5.74) is 3.26. The molecule has 2 unspecified atom stereocenters. The number of nitrogens with zero attached hydrogens (tertiary/aromatic N) is 1. The van der Waals surface area contributed by atoms with Crippen LogP contribution in [0.15, 0.2) is 47.0 Å². The number of halogens is 3. The van der Waals surface area contributed by atoms with Crippen LogP contribution >= 0.6 is 11.6 Å². The van der Waals surface area contributed by atoms with E-state index >= 15 is 8.78 Å². The lowest BCUT2D eigenvalue weighted by molar-refractivity contribution is -0.114. The monoisotopic (exact) mass is 573 g/mol. The number of rotatable bonds is 7. The highest BCUT2D eigenvalue weighted by atomic mass is 35.5. The zero-order valence-electron chi connectivity index (χ0n) is 22.8. The molecular weight excluding hydrogens is 540 g/mol. The van der Waals surface area contributed by atoms with Crippen molar-refractivity contribution < 1.29 is 28.2 Å². The first-order valence-electron chi connectivity index (χ1n) is 13.4. The number of primary amides is 1. The van der Waals surface area contributed by atoms with Crippen molar-refractivity contribution in [1.29, 1.82) is 0 Å². The Balaban J connectivity index is 1.60. The molecule has 2 aromatic rings. The summed E-state index contributed by atoms with van der Waals surface area (Å²) in [4.78, 5) is 16.5. The first kappa shape index (κ1) is 28.7. The first-order valence-corrected chi connectivity index (χ1v) is 13.8. The molecule has 0 saturated heterocycles. The molecule has 1 saturated carbocycles. The molecule has 7 nitrogen and oxygen atoms in total. The molecule has 3 atom stereocenters. The second-order valence-electron chi connectivity index (χ2n) is 11.4. The second kappa shape index (κ2) is 10.5. The van der Waals surface area contributed by atoms with Crippen LogP contribution in [0.25, 0.3) is 5.57 Å². The van der Waals surface area contributed by atoms with Crippen LogP contribution in [0.5, 0.6) is 5.75 Å². The van der Waals surface area contributed by atoms with E-state index in [1.807, 2.05) is 37.3 Å². The summed E-state index contributed by atoms with van der Waals surface area (Å²) in [7, 11) is 1.30. The summed E-state index contributed by atoms with van der Waals surface area (Å²) in [6.45, 7) is 3.65. The Hall–Kier alpha value is -2.85. The number of alkyl halides is 1. The molecule has 1 aliphatic carbocycles. The molecule has 4 N–H and O–H groups in total. The Morgan fingerprint density at radius 2 is 1.95 bits per heavy atom. The minimum Gasteiger partial charge on any atom is -0.480 e. The largest absolute Gasteiger partial charge is 0.480 e. The highest BCUT2D eigenvalue weighted by Gasteiger charge is 2.48. The van der Waals surface area contributed by atoms with E-state index in [1.54, 1.807) is 0 Å². The molecule has 2 aliphatic heterocycles. The number of dihydropyridines is 1. The van der Waals surface area contributed by atoms with E-state index in [2.05, 4.69) is 10.3 Å². The molecule has 3 aliphatic rings. The van der Waals surface area contributed by atoms with Gasteiger partial charge in [0.2, 0.25) is 0 Å². The van der Waals surface area contributed by atoms with Gasteiger partial charge in [0.1, 0.15) is 11.6 Å². The van der Waals surface area contributed by atoms with E-state index in [9.17, 15) is 9.90 Å². The summed E-state index contributed by atoms with van der Waals surface area (Å²) in [6, 6.07) is 10.9. The number of ether oxygens (including phenoxy) is 2. The molecule has 2 aromatic carbocycles. The molecule has 0 spiro atoms. The van der Waals surface area contributed by atoms with Crippen molar-refractivity contribution in [3.8, 4) is 5.75 Å². The van der Waals surface area contributed by atoms with Gasteiger partial charge in [-0.2, -0.15) is 0 Å². The average Bonchev–Trinajstić information content (AvgIpc) is 3.30. The van der Waals surface area contributed by atoms with Crippen LogP contribution in [0.2, 0.25) is 5.02 Å². The molecule has 1 amide bonds. The van der Waals surface area contributed by atoms with Crippen LogP contribution in [0.1, 0.15) is 56.2 Å². The van der Waals surface area contributed by atoms with Crippen molar-refractivity contribution in [1.82, 2.24) is 5.32 Å². The van der Waals surface area contributed by atoms with Gasteiger partial charge in [-0.15, -0.1) is 0 Å². The van der Waals surface area contributed by atoms with Gasteiger partial charge < -0.3 is 25.6 Å². The average molecular weight is 574 g/mol. The van der Waals surface area contributed by atoms with Gasteiger partial charge >= 0.3 is 0 Å². The third-order valence-corrected chi connectivity index (χ3v) is 8.87. The van der Waals surface area contributed by atoms with E-state index < -0.39 is 34.8 Å². The summed E-state index contributed by atoms with van der Waals surface area (Å²) in [5.74, 6) is -1.53. The SMILES string of the molecule is COC1(C)N=CC(C(N)=O)=C(c2c(Cl)c(F)cc3c2C[C@@](CN[C@H]2CC[C@](C)(O)CC2)(c2ccccc2)O3)C1F. The summed E-state index contributed by atoms with van der Waals surface area (Å²) in [5, 5.41) is 13.6. The maximum absolute atomic E-state index is 16.2. The maximum atomic E-state index is 16.2. The van der Waals surface area contributed by atoms with E-state index in [1.165, 1.54) is 20.1 Å². The molecule has 5 rings (SSSR count). The van der Waals surface area contributed by atoms with Crippen LogP contribution in [-0.4, -0.2) is 54.4 Å². The number of aliphatic hydroxyl groups is 1. The minimum atomic E-state index is -1.96. The predicted molar refractivity (Wildman–Crippen MR) is 150 cm³/mol. The fraction of sp³-hybridized carbons (Fsp3) is 0.467. The van der Waals surface area contributed by atoms with Crippen molar-refractivity contribution in [3.63, 3.8) is 0 Å². The summed E-state index contributed by atoms with van der Waals surface area (Å²) >= 11 is 6.54. The number of amides is 1. The normalized spacial score (nSPS) is 31.7. The number of carbonyl (C=O) groups excluding carboxylic acids is 1. The van der Waals surface area contributed by atoms with Crippen LogP contribution < -0.4 is 15.8 Å². The Bertz CT molecular complexity index is 1370. The fourth-order valence-corrected chi connectivity index (χ4v) is 6.19. The number of hydrogen-bond acceptors (Lipinski definition) is 6. The van der Waals surface area contributed by atoms with Gasteiger partial charge in [0.25, 0.3) is 5.91 Å². The van der Waals surface area contributed by atoms with Crippen molar-refractivity contribution in [2.45, 2.75) is 75.1 Å². The zero-order chi connectivity index (χ0) is 28.9. The van der Waals surface area contributed by atoms with E-state index in [4.69, 9.17) is 26.8 Å². The number of fused-ring (bicyclic) bond motifs is 1. The van der Waals surface area contributed by atoms with Crippen LogP contribution in [0.3, 0.4) is 0 Å². The molecule has 0 bridgehead atoms. The van der Waals surface area contributed by atoms with Gasteiger partial charge in [0, 0.05) is 55.1 Å². The highest BCUT2D eigenvalue weighted by molar-refractivity contribution is 6.33. The number of carbonyl (C=O) groups is 1. The molecular formula is C30H34ClF2N3O4. The third-order valence-electron chi connectivity index (χ3n) is 8.50. The number of aliphatic imine (C=N–C) groups is 1. The van der Waals surface area contributed by atoms with Crippen molar-refractivity contribution in [2.24, 2.45) is 10.7 Å². The molecule has 214 valence electrons. The number of nitrogens with one attached hydrogen (secondary N) is 1. The number of methoxy groups -OCH3 is 1. The second-order valence-corrected chi connectivity index (χ2v) is 11.8. The first-order chi connectivity index (χ1) is 18.9. The van der Waals surface area contributed by atoms with Gasteiger partial charge in [-0.1, -0.05) is 41.9 Å². The lowest BCUT2D eigenvalue weighted by Gasteiger charge is -2.36. The van der Waals surface area contributed by atoms with Gasteiger partial charge in [-0.3, -0.25) is 9.79 Å².